The summed E-state index contributed by atoms with van der Waals surface area (Å²) in [5.41, 5.74) is 0. The summed E-state index contributed by atoms with van der Waals surface area (Å²) in [7, 11) is 0. The Morgan fingerprint density at radius 1 is 1.00 bits per heavy atom. The predicted octanol–water partition coefficient (Wildman–Crippen LogP) is -0.248. The van der Waals surface area contributed by atoms with Crippen LogP contribution in [0.15, 0.2) is 0 Å². The number of rotatable bonds is 0. The van der Waals surface area contributed by atoms with E-state index in [-0.39, 0.29) is 30.7 Å². The van der Waals surface area contributed by atoms with Crippen LogP contribution in [-0.2, 0) is 14.2 Å². The highest BCUT2D eigenvalue weighted by Gasteiger charge is 2.71. The van der Waals surface area contributed by atoms with E-state index in [2.05, 4.69) is 0 Å². The molecule has 2 aliphatic carbocycles. The lowest BCUT2D eigenvalue weighted by atomic mass is 9.74. The Balaban J connectivity index is 1.69. The van der Waals surface area contributed by atoms with Crippen LogP contribution in [-0.4, -0.2) is 42.4 Å². The van der Waals surface area contributed by atoms with Crippen LogP contribution in [0.4, 0.5) is 0 Å². The quantitative estimate of drug-likeness (QED) is 0.599. The molecule has 0 aromatic carbocycles. The predicted molar refractivity (Wildman–Crippen MR) is 47.9 cm³/mol. The molecule has 9 atom stereocenters. The second kappa shape index (κ2) is 2.25. The molecule has 3 heterocycles. The largest absolute Gasteiger partial charge is 0.390 e. The van der Waals surface area contributed by atoms with Gasteiger partial charge < -0.3 is 19.3 Å². The van der Waals surface area contributed by atoms with Crippen molar-refractivity contribution in [2.45, 2.75) is 37.1 Å². The van der Waals surface area contributed by atoms with Crippen molar-refractivity contribution in [2.24, 2.45) is 23.7 Å². The van der Waals surface area contributed by atoms with Gasteiger partial charge in [0.25, 0.3) is 0 Å². The van der Waals surface area contributed by atoms with Crippen LogP contribution in [0.1, 0.15) is 6.42 Å². The summed E-state index contributed by atoms with van der Waals surface area (Å²) in [5, 5.41) is 10.1. The van der Waals surface area contributed by atoms with Gasteiger partial charge in [-0.3, -0.25) is 0 Å². The second-order valence-electron chi connectivity index (χ2n) is 5.65. The molecule has 0 aromatic rings. The third kappa shape index (κ3) is 0.695. The van der Waals surface area contributed by atoms with Gasteiger partial charge >= 0.3 is 0 Å². The van der Waals surface area contributed by atoms with E-state index < -0.39 is 0 Å². The van der Waals surface area contributed by atoms with E-state index >= 15 is 0 Å². The zero-order valence-electron chi connectivity index (χ0n) is 8.28. The smallest absolute Gasteiger partial charge is 0.161 e. The van der Waals surface area contributed by atoms with E-state index in [1.54, 1.807) is 0 Å². The Hall–Kier alpha value is -0.160. The number of fused-ring (bicyclic) bond motifs is 6. The van der Waals surface area contributed by atoms with E-state index in [1.165, 1.54) is 0 Å². The molecule has 2 saturated carbocycles. The molecule has 0 amide bonds. The molecule has 1 N–H and O–H groups in total. The van der Waals surface area contributed by atoms with E-state index in [0.717, 1.165) is 6.42 Å². The van der Waals surface area contributed by atoms with Gasteiger partial charge in [-0.15, -0.1) is 0 Å². The molecule has 0 spiro atoms. The lowest BCUT2D eigenvalue weighted by Crippen LogP contribution is -2.47. The van der Waals surface area contributed by atoms with Gasteiger partial charge in [-0.1, -0.05) is 0 Å². The first-order valence-electron chi connectivity index (χ1n) is 5.95. The fourth-order valence-corrected chi connectivity index (χ4v) is 4.87. The molecule has 0 radical (unpaired) electrons. The molecule has 15 heavy (non-hydrogen) atoms. The van der Waals surface area contributed by atoms with Crippen LogP contribution in [0.5, 0.6) is 0 Å². The molecular formula is C11H14O4. The standard InChI is InChI=1S/C11H14O4/c12-8-3-1-4-6-7(3)11-13-2-5(14-11)10(6)15-9(4)8/h3-12H,1-2H2/t3-,4+,5-,6+,7-,8+,9+,10+,11-/m1/s1. The summed E-state index contributed by atoms with van der Waals surface area (Å²) in [6, 6.07) is 0. The van der Waals surface area contributed by atoms with Gasteiger partial charge in [0.2, 0.25) is 0 Å². The normalized spacial score (nSPS) is 73.0. The molecule has 5 fully saturated rings. The summed E-state index contributed by atoms with van der Waals surface area (Å²) < 4.78 is 17.5. The van der Waals surface area contributed by atoms with Crippen molar-refractivity contribution >= 4 is 0 Å². The number of ether oxygens (including phenoxy) is 3. The zero-order valence-corrected chi connectivity index (χ0v) is 8.28. The maximum absolute atomic E-state index is 10.1. The Bertz CT molecular complexity index is 333. The maximum Gasteiger partial charge on any atom is 0.161 e. The highest BCUT2D eigenvalue weighted by Crippen LogP contribution is 2.64. The molecule has 4 nitrogen and oxygen atoms in total. The molecule has 4 heteroatoms. The third-order valence-corrected chi connectivity index (χ3v) is 5.28. The summed E-state index contributed by atoms with van der Waals surface area (Å²) in [6.45, 7) is 0.685. The molecule has 0 aromatic heterocycles. The first-order valence-corrected chi connectivity index (χ1v) is 5.95. The minimum Gasteiger partial charge on any atom is -0.390 e. The summed E-state index contributed by atoms with van der Waals surface area (Å²) in [5.74, 6) is 1.94. The Labute approximate surface area is 87.5 Å². The molecule has 3 saturated heterocycles. The summed E-state index contributed by atoms with van der Waals surface area (Å²) in [4.78, 5) is 0. The van der Waals surface area contributed by atoms with Gasteiger partial charge in [0, 0.05) is 11.8 Å². The minimum absolute atomic E-state index is 0.0523. The fourth-order valence-electron chi connectivity index (χ4n) is 4.87. The molecule has 82 valence electrons. The van der Waals surface area contributed by atoms with Crippen LogP contribution >= 0.6 is 0 Å². The van der Waals surface area contributed by atoms with Crippen LogP contribution in [0.3, 0.4) is 0 Å². The molecule has 4 bridgehead atoms. The maximum atomic E-state index is 10.1. The van der Waals surface area contributed by atoms with E-state index in [4.69, 9.17) is 14.2 Å². The van der Waals surface area contributed by atoms with Crippen LogP contribution in [0, 0.1) is 23.7 Å². The number of hydrogen-bond acceptors (Lipinski definition) is 4. The van der Waals surface area contributed by atoms with Crippen molar-refractivity contribution in [2.75, 3.05) is 6.61 Å². The topological polar surface area (TPSA) is 47.9 Å². The number of aliphatic hydroxyl groups is 1. The second-order valence-corrected chi connectivity index (χ2v) is 5.65. The number of hydrogen-bond donors (Lipinski definition) is 1. The van der Waals surface area contributed by atoms with Crippen LogP contribution in [0.2, 0.25) is 0 Å². The molecule has 3 aliphatic heterocycles. The average Bonchev–Trinajstić information content (AvgIpc) is 2.89. The van der Waals surface area contributed by atoms with Crippen molar-refractivity contribution in [3.05, 3.63) is 0 Å². The molecule has 5 rings (SSSR count). The van der Waals surface area contributed by atoms with Gasteiger partial charge in [0.05, 0.1) is 24.9 Å². The minimum atomic E-state index is -0.271. The lowest BCUT2D eigenvalue weighted by Gasteiger charge is -2.37. The Kier molecular flexibility index (Phi) is 1.20. The molecular weight excluding hydrogens is 196 g/mol. The summed E-state index contributed by atoms with van der Waals surface area (Å²) in [6.07, 6.45) is 1.23. The first-order chi connectivity index (χ1) is 7.34. The SMILES string of the molecule is O[C@H]1[C@@H]2C[C@@H]3[C@@H]1O[C@@H]1[C@@H]3[C@@H]2[C@@H]2OC[C@H]1O2. The van der Waals surface area contributed by atoms with Gasteiger partial charge in [0.1, 0.15) is 6.10 Å². The van der Waals surface area contributed by atoms with Crippen molar-refractivity contribution in [1.29, 1.82) is 0 Å². The lowest BCUT2D eigenvalue weighted by molar-refractivity contribution is -0.172. The van der Waals surface area contributed by atoms with E-state index in [0.29, 0.717) is 30.3 Å². The van der Waals surface area contributed by atoms with Gasteiger partial charge in [-0.2, -0.15) is 0 Å². The average molecular weight is 210 g/mol. The van der Waals surface area contributed by atoms with Crippen LogP contribution < -0.4 is 0 Å². The van der Waals surface area contributed by atoms with E-state index in [9.17, 15) is 5.11 Å². The third-order valence-electron chi connectivity index (χ3n) is 5.28. The van der Waals surface area contributed by atoms with Crippen LogP contribution in [0.25, 0.3) is 0 Å². The Morgan fingerprint density at radius 3 is 2.87 bits per heavy atom. The number of aliphatic hydroxyl groups excluding tert-OH is 1. The van der Waals surface area contributed by atoms with Gasteiger partial charge in [-0.05, 0) is 18.3 Å². The highest BCUT2D eigenvalue weighted by atomic mass is 16.7. The first kappa shape index (κ1) is 8.01. The molecule has 5 aliphatic rings. The highest BCUT2D eigenvalue weighted by molar-refractivity contribution is 5.16. The monoisotopic (exact) mass is 210 g/mol. The zero-order chi connectivity index (χ0) is 9.73. The van der Waals surface area contributed by atoms with E-state index in [1.807, 2.05) is 0 Å². The van der Waals surface area contributed by atoms with Crippen molar-refractivity contribution in [3.63, 3.8) is 0 Å². The Morgan fingerprint density at radius 2 is 1.93 bits per heavy atom. The molecule has 0 unspecified atom stereocenters. The van der Waals surface area contributed by atoms with Gasteiger partial charge in [0.15, 0.2) is 6.29 Å². The van der Waals surface area contributed by atoms with Gasteiger partial charge in [-0.25, -0.2) is 0 Å². The summed E-state index contributed by atoms with van der Waals surface area (Å²) >= 11 is 0. The van der Waals surface area contributed by atoms with Crippen molar-refractivity contribution in [1.82, 2.24) is 0 Å². The van der Waals surface area contributed by atoms with Crippen molar-refractivity contribution < 1.29 is 19.3 Å². The fraction of sp³-hybridized carbons (Fsp3) is 1.00. The van der Waals surface area contributed by atoms with Crippen molar-refractivity contribution in [3.8, 4) is 0 Å².